The Kier molecular flexibility index (Phi) is 4.12. The molecule has 0 atom stereocenters. The number of aliphatic imine (C=N–C) groups is 1. The van der Waals surface area contributed by atoms with Crippen LogP contribution < -0.4 is 4.74 Å². The van der Waals surface area contributed by atoms with Crippen LogP contribution in [0.5, 0.6) is 5.88 Å². The van der Waals surface area contributed by atoms with E-state index in [1.807, 2.05) is 0 Å². The fourth-order valence-electron chi connectivity index (χ4n) is 1.34. The third kappa shape index (κ3) is 3.20. The molecule has 0 aliphatic heterocycles. The molecule has 0 aliphatic rings. The summed E-state index contributed by atoms with van der Waals surface area (Å²) in [6, 6.07) is 9.79. The van der Waals surface area contributed by atoms with Gasteiger partial charge in [-0.15, -0.1) is 0 Å². The van der Waals surface area contributed by atoms with Gasteiger partial charge in [0.2, 0.25) is 5.88 Å². The average molecular weight is 260 g/mol. The van der Waals surface area contributed by atoms with Crippen LogP contribution in [0.25, 0.3) is 0 Å². The molecule has 5 heteroatoms. The zero-order valence-electron chi connectivity index (χ0n) is 9.34. The first kappa shape index (κ1) is 12.4. The molecule has 0 amide bonds. The fraction of sp³-hybridized carbons (Fsp3) is 0.0769. The van der Waals surface area contributed by atoms with Crippen molar-refractivity contribution in [3.05, 3.63) is 54.0 Å². The SMILES string of the molecule is Fc1ccccc1COc1ccc(N=C=S)cn1. The third-order valence-corrected chi connectivity index (χ3v) is 2.32. The molecule has 0 aliphatic carbocycles. The first-order valence-electron chi connectivity index (χ1n) is 5.20. The van der Waals surface area contributed by atoms with Crippen molar-refractivity contribution in [2.24, 2.45) is 4.99 Å². The molecule has 2 rings (SSSR count). The quantitative estimate of drug-likeness (QED) is 0.623. The van der Waals surface area contributed by atoms with E-state index in [1.165, 1.54) is 12.3 Å². The Hall–Kier alpha value is -2.10. The van der Waals surface area contributed by atoms with Gasteiger partial charge in [0.15, 0.2) is 0 Å². The number of benzene rings is 1. The number of isothiocyanates is 1. The molecule has 90 valence electrons. The molecule has 0 radical (unpaired) electrons. The van der Waals surface area contributed by atoms with Gasteiger partial charge in [-0.3, -0.25) is 0 Å². The number of rotatable bonds is 4. The van der Waals surface area contributed by atoms with Gasteiger partial charge in [0.1, 0.15) is 12.4 Å². The Labute approximate surface area is 109 Å². The number of halogens is 1. The monoisotopic (exact) mass is 260 g/mol. The Bertz CT molecular complexity index is 580. The molecule has 1 aromatic carbocycles. The maximum absolute atomic E-state index is 13.3. The van der Waals surface area contributed by atoms with E-state index in [0.717, 1.165) is 0 Å². The van der Waals surface area contributed by atoms with E-state index in [1.54, 1.807) is 30.3 Å². The van der Waals surface area contributed by atoms with Crippen molar-refractivity contribution >= 4 is 23.1 Å². The average Bonchev–Trinajstić information content (AvgIpc) is 2.40. The molecule has 18 heavy (non-hydrogen) atoms. The molecule has 1 heterocycles. The number of nitrogens with zero attached hydrogens (tertiary/aromatic N) is 2. The van der Waals surface area contributed by atoms with Crippen molar-refractivity contribution in [2.75, 3.05) is 0 Å². The molecule has 0 saturated heterocycles. The van der Waals surface area contributed by atoms with E-state index in [9.17, 15) is 4.39 Å². The first-order chi connectivity index (χ1) is 8.79. The number of pyridine rings is 1. The van der Waals surface area contributed by atoms with Crippen LogP contribution in [0.4, 0.5) is 10.1 Å². The van der Waals surface area contributed by atoms with Crippen molar-refractivity contribution in [2.45, 2.75) is 6.61 Å². The predicted molar refractivity (Wildman–Crippen MR) is 69.7 cm³/mol. The summed E-state index contributed by atoms with van der Waals surface area (Å²) in [6.45, 7) is 0.134. The normalized spacial score (nSPS) is 9.61. The predicted octanol–water partition coefficient (Wildman–Crippen LogP) is 3.53. The van der Waals surface area contributed by atoms with Gasteiger partial charge in [-0.1, -0.05) is 18.2 Å². The van der Waals surface area contributed by atoms with Crippen molar-refractivity contribution in [3.8, 4) is 5.88 Å². The van der Waals surface area contributed by atoms with Gasteiger partial charge in [0, 0.05) is 11.6 Å². The molecule has 1 aromatic heterocycles. The largest absolute Gasteiger partial charge is 0.473 e. The lowest BCUT2D eigenvalue weighted by Crippen LogP contribution is -1.99. The zero-order chi connectivity index (χ0) is 12.8. The molecular weight excluding hydrogens is 251 g/mol. The highest BCUT2D eigenvalue weighted by molar-refractivity contribution is 7.78. The van der Waals surface area contributed by atoms with Crippen LogP contribution in [-0.4, -0.2) is 10.1 Å². The number of hydrogen-bond donors (Lipinski definition) is 0. The van der Waals surface area contributed by atoms with Crippen LogP contribution in [-0.2, 0) is 6.61 Å². The van der Waals surface area contributed by atoms with Crippen LogP contribution in [0.1, 0.15) is 5.56 Å². The van der Waals surface area contributed by atoms with Crippen molar-refractivity contribution in [1.82, 2.24) is 4.98 Å². The summed E-state index contributed by atoms with van der Waals surface area (Å²) in [5.74, 6) is 0.112. The maximum atomic E-state index is 13.3. The van der Waals surface area contributed by atoms with Crippen LogP contribution >= 0.6 is 12.2 Å². The van der Waals surface area contributed by atoms with E-state index >= 15 is 0 Å². The molecule has 0 N–H and O–H groups in total. The summed E-state index contributed by atoms with van der Waals surface area (Å²) >= 11 is 4.48. The second kappa shape index (κ2) is 6.00. The van der Waals surface area contributed by atoms with Gasteiger partial charge >= 0.3 is 0 Å². The van der Waals surface area contributed by atoms with Crippen molar-refractivity contribution in [1.29, 1.82) is 0 Å². The first-order valence-corrected chi connectivity index (χ1v) is 5.60. The fourth-order valence-corrected chi connectivity index (χ4v) is 1.45. The van der Waals surface area contributed by atoms with Gasteiger partial charge in [-0.05, 0) is 24.4 Å². The zero-order valence-corrected chi connectivity index (χ0v) is 10.2. The highest BCUT2D eigenvalue weighted by Gasteiger charge is 2.02. The Morgan fingerprint density at radius 3 is 2.78 bits per heavy atom. The van der Waals surface area contributed by atoms with E-state index in [-0.39, 0.29) is 12.4 Å². The lowest BCUT2D eigenvalue weighted by atomic mass is 10.2. The van der Waals surface area contributed by atoms with E-state index in [4.69, 9.17) is 4.74 Å². The Balaban J connectivity index is 2.02. The van der Waals surface area contributed by atoms with Gasteiger partial charge in [0.05, 0.1) is 17.0 Å². The molecule has 0 unspecified atom stereocenters. The number of ether oxygens (including phenoxy) is 1. The maximum Gasteiger partial charge on any atom is 0.213 e. The number of aromatic nitrogens is 1. The van der Waals surface area contributed by atoms with Crippen LogP contribution in [0.2, 0.25) is 0 Å². The van der Waals surface area contributed by atoms with Crippen molar-refractivity contribution in [3.63, 3.8) is 0 Å². The minimum Gasteiger partial charge on any atom is -0.473 e. The number of hydrogen-bond acceptors (Lipinski definition) is 4. The minimum absolute atomic E-state index is 0.134. The van der Waals surface area contributed by atoms with Crippen LogP contribution in [0.15, 0.2) is 47.6 Å². The van der Waals surface area contributed by atoms with Crippen molar-refractivity contribution < 1.29 is 9.13 Å². The van der Waals surface area contributed by atoms with E-state index in [2.05, 4.69) is 27.4 Å². The summed E-state index contributed by atoms with van der Waals surface area (Å²) in [7, 11) is 0. The summed E-state index contributed by atoms with van der Waals surface area (Å²) in [5.41, 5.74) is 1.09. The second-order valence-electron chi connectivity index (χ2n) is 3.44. The van der Waals surface area contributed by atoms with Gasteiger partial charge in [-0.2, -0.15) is 4.99 Å². The molecular formula is C13H9FN2OS. The minimum atomic E-state index is -0.292. The van der Waals surface area contributed by atoms with E-state index in [0.29, 0.717) is 17.1 Å². The summed E-state index contributed by atoms with van der Waals surface area (Å²) in [5, 5.41) is 2.25. The van der Waals surface area contributed by atoms with Gasteiger partial charge < -0.3 is 4.74 Å². The lowest BCUT2D eigenvalue weighted by Gasteiger charge is -2.05. The summed E-state index contributed by atoms with van der Waals surface area (Å²) in [6.07, 6.45) is 1.51. The number of thiocarbonyl (C=S) groups is 1. The molecule has 0 bridgehead atoms. The molecule has 2 aromatic rings. The molecule has 0 saturated carbocycles. The summed E-state index contributed by atoms with van der Waals surface area (Å²) < 4.78 is 18.7. The topological polar surface area (TPSA) is 34.5 Å². The highest BCUT2D eigenvalue weighted by atomic mass is 32.1. The molecule has 0 fully saturated rings. The lowest BCUT2D eigenvalue weighted by molar-refractivity contribution is 0.288. The second-order valence-corrected chi connectivity index (χ2v) is 3.62. The molecule has 3 nitrogen and oxygen atoms in total. The standard InChI is InChI=1S/C13H9FN2OS/c14-12-4-2-1-3-10(12)8-17-13-6-5-11(7-15-13)16-9-18/h1-7H,8H2. The van der Waals surface area contributed by atoms with Crippen LogP contribution in [0.3, 0.4) is 0 Å². The highest BCUT2D eigenvalue weighted by Crippen LogP contribution is 2.15. The third-order valence-electron chi connectivity index (χ3n) is 2.23. The van der Waals surface area contributed by atoms with E-state index < -0.39 is 0 Å². The van der Waals surface area contributed by atoms with Gasteiger partial charge in [0.25, 0.3) is 0 Å². The Morgan fingerprint density at radius 1 is 1.28 bits per heavy atom. The van der Waals surface area contributed by atoms with Gasteiger partial charge in [-0.25, -0.2) is 9.37 Å². The van der Waals surface area contributed by atoms with Crippen LogP contribution in [0, 0.1) is 5.82 Å². The smallest absolute Gasteiger partial charge is 0.213 e. The molecule has 0 spiro atoms. The Morgan fingerprint density at radius 2 is 2.11 bits per heavy atom. The summed E-state index contributed by atoms with van der Waals surface area (Å²) in [4.78, 5) is 7.78.